The number of rotatable bonds is 6. The Morgan fingerprint density at radius 1 is 1.26 bits per heavy atom. The molecule has 0 amide bonds. The smallest absolute Gasteiger partial charge is 0.0981 e. The van der Waals surface area contributed by atoms with Gasteiger partial charge in [0.25, 0.3) is 0 Å². The zero-order chi connectivity index (χ0) is 22.3. The average Bonchev–Trinajstić information content (AvgIpc) is 3.20. The van der Waals surface area contributed by atoms with Crippen molar-refractivity contribution in [3.05, 3.63) is 12.3 Å². The van der Waals surface area contributed by atoms with Gasteiger partial charge in [-0.05, 0) is 50.4 Å². The van der Waals surface area contributed by atoms with Crippen LogP contribution in [0.1, 0.15) is 73.6 Å². The number of hydrogen-bond donors (Lipinski definition) is 3. The molecule has 1 aliphatic carbocycles. The summed E-state index contributed by atoms with van der Waals surface area (Å²) in [5.74, 6) is 3.49. The van der Waals surface area contributed by atoms with Crippen LogP contribution in [0.25, 0.3) is 0 Å². The molecule has 0 spiro atoms. The van der Waals surface area contributed by atoms with Crippen LogP contribution in [0.4, 0.5) is 0 Å². The fraction of sp³-hybridized carbons (Fsp3) is 0.880. The van der Waals surface area contributed by atoms with Gasteiger partial charge in [-0.25, -0.2) is 10.9 Å². The first-order valence-electron chi connectivity index (χ1n) is 12.7. The fourth-order valence-electron chi connectivity index (χ4n) is 6.48. The van der Waals surface area contributed by atoms with Crippen molar-refractivity contribution in [1.29, 1.82) is 0 Å². The van der Waals surface area contributed by atoms with Crippen molar-refractivity contribution in [3.63, 3.8) is 0 Å². The number of thioether (sulfide) groups is 1. The highest BCUT2D eigenvalue weighted by atomic mass is 32.2. The quantitative estimate of drug-likeness (QED) is 0.556. The predicted octanol–water partition coefficient (Wildman–Crippen LogP) is 4.58. The number of hydrazine groups is 1. The summed E-state index contributed by atoms with van der Waals surface area (Å²) >= 11 is 2.18. The molecule has 4 rings (SSSR count). The summed E-state index contributed by atoms with van der Waals surface area (Å²) in [5, 5.41) is 4.63. The predicted molar refractivity (Wildman–Crippen MR) is 134 cm³/mol. The molecule has 6 heteroatoms. The van der Waals surface area contributed by atoms with E-state index in [4.69, 9.17) is 4.99 Å². The molecule has 4 aliphatic rings. The monoisotopic (exact) mass is 447 g/mol. The molecule has 2 saturated heterocycles. The highest BCUT2D eigenvalue weighted by Gasteiger charge is 2.54. The minimum atomic E-state index is 0.201. The molecule has 3 fully saturated rings. The van der Waals surface area contributed by atoms with Gasteiger partial charge in [-0.15, -0.1) is 11.8 Å². The number of hydrogen-bond acceptors (Lipinski definition) is 6. The van der Waals surface area contributed by atoms with E-state index in [0.717, 1.165) is 30.5 Å². The van der Waals surface area contributed by atoms with Crippen LogP contribution >= 0.6 is 11.8 Å². The molecule has 9 atom stereocenters. The number of nitrogens with zero attached hydrogens (tertiary/aromatic N) is 2. The maximum Gasteiger partial charge on any atom is 0.0981 e. The van der Waals surface area contributed by atoms with Gasteiger partial charge < -0.3 is 5.32 Å². The van der Waals surface area contributed by atoms with E-state index in [2.05, 4.69) is 81.0 Å². The third-order valence-corrected chi connectivity index (χ3v) is 10.1. The standard InChI is InChI=1S/C25H45N5S/c1-8-26-15(4)12-21-24-29-28-18(7)30(24)25-22(16(5)17(6)31-25)23(27-21)20-11-9-10-19(13-20)14(2)3/h14,16-22,24-26,28-29H,4,8-13H2,1-3,5-7H3/t16?,17?,18?,19?,20?,21-,22?,24?,25?/m0/s1. The molecular weight excluding hydrogens is 402 g/mol. The van der Waals surface area contributed by atoms with Crippen molar-refractivity contribution in [1.82, 2.24) is 21.1 Å². The summed E-state index contributed by atoms with van der Waals surface area (Å²) in [7, 11) is 0. The lowest BCUT2D eigenvalue weighted by atomic mass is 9.70. The highest BCUT2D eigenvalue weighted by molar-refractivity contribution is 8.00. The van der Waals surface area contributed by atoms with Gasteiger partial charge in [-0.1, -0.05) is 47.1 Å². The van der Waals surface area contributed by atoms with Crippen molar-refractivity contribution >= 4 is 17.5 Å². The van der Waals surface area contributed by atoms with E-state index in [9.17, 15) is 0 Å². The summed E-state index contributed by atoms with van der Waals surface area (Å²) in [6.45, 7) is 19.4. The minimum absolute atomic E-state index is 0.201. The zero-order valence-corrected chi connectivity index (χ0v) is 21.3. The maximum absolute atomic E-state index is 5.68. The van der Waals surface area contributed by atoms with Crippen LogP contribution in [0.5, 0.6) is 0 Å². The number of fused-ring (bicyclic) bond motifs is 3. The van der Waals surface area contributed by atoms with Gasteiger partial charge in [0.1, 0.15) is 0 Å². The maximum atomic E-state index is 5.68. The van der Waals surface area contributed by atoms with Crippen molar-refractivity contribution in [2.75, 3.05) is 6.54 Å². The Balaban J connectivity index is 1.72. The SMILES string of the molecule is C=C(C[C@@H]1N=C(C2CCCC(C(C)C)C2)C2C(C)C(C)SC2N2C(C)NNC12)NCC. The Labute approximate surface area is 194 Å². The van der Waals surface area contributed by atoms with Gasteiger partial charge in [-0.3, -0.25) is 9.89 Å². The Kier molecular flexibility index (Phi) is 7.41. The fourth-order valence-corrected chi connectivity index (χ4v) is 8.35. The van der Waals surface area contributed by atoms with Crippen molar-refractivity contribution in [2.45, 2.75) is 103 Å². The molecule has 0 radical (unpaired) electrons. The largest absolute Gasteiger partial charge is 0.389 e. The van der Waals surface area contributed by atoms with Crippen molar-refractivity contribution < 1.29 is 0 Å². The second kappa shape index (κ2) is 9.74. The summed E-state index contributed by atoms with van der Waals surface area (Å²) in [6, 6.07) is 0.201. The normalized spacial score (nSPS) is 43.3. The third-order valence-electron chi connectivity index (χ3n) is 8.45. The Bertz CT molecular complexity index is 679. The van der Waals surface area contributed by atoms with Gasteiger partial charge >= 0.3 is 0 Å². The second-order valence-corrected chi connectivity index (χ2v) is 12.3. The van der Waals surface area contributed by atoms with E-state index in [1.165, 1.54) is 25.7 Å². The van der Waals surface area contributed by atoms with E-state index in [1.807, 2.05) is 0 Å². The average molecular weight is 448 g/mol. The first-order valence-corrected chi connectivity index (χ1v) is 13.7. The van der Waals surface area contributed by atoms with Crippen molar-refractivity contribution in [3.8, 4) is 0 Å². The van der Waals surface area contributed by atoms with Gasteiger partial charge in [0.2, 0.25) is 0 Å². The molecule has 0 aromatic carbocycles. The van der Waals surface area contributed by atoms with E-state index in [-0.39, 0.29) is 12.2 Å². The molecule has 3 heterocycles. The third kappa shape index (κ3) is 4.60. The Hall–Kier alpha value is -0.560. The van der Waals surface area contributed by atoms with Crippen LogP contribution in [-0.4, -0.2) is 46.2 Å². The molecule has 176 valence electrons. The van der Waals surface area contributed by atoms with Gasteiger partial charge in [0.15, 0.2) is 0 Å². The minimum Gasteiger partial charge on any atom is -0.389 e. The van der Waals surface area contributed by atoms with E-state index < -0.39 is 0 Å². The van der Waals surface area contributed by atoms with Crippen molar-refractivity contribution in [2.24, 2.45) is 34.6 Å². The molecule has 5 nitrogen and oxygen atoms in total. The first kappa shape index (κ1) is 23.6. The lowest BCUT2D eigenvalue weighted by molar-refractivity contribution is 0.140. The Morgan fingerprint density at radius 2 is 2.03 bits per heavy atom. The molecule has 31 heavy (non-hydrogen) atoms. The molecule has 8 unspecified atom stereocenters. The van der Waals surface area contributed by atoms with Gasteiger partial charge in [-0.2, -0.15) is 0 Å². The highest BCUT2D eigenvalue weighted by Crippen LogP contribution is 2.51. The van der Waals surface area contributed by atoms with Gasteiger partial charge in [0.05, 0.1) is 23.7 Å². The summed E-state index contributed by atoms with van der Waals surface area (Å²) < 4.78 is 0. The molecule has 0 aromatic heterocycles. The number of aliphatic imine (C=N–C) groups is 1. The Morgan fingerprint density at radius 3 is 2.74 bits per heavy atom. The van der Waals surface area contributed by atoms with E-state index >= 15 is 0 Å². The summed E-state index contributed by atoms with van der Waals surface area (Å²) in [6.07, 6.45) is 6.86. The van der Waals surface area contributed by atoms with Crippen LogP contribution in [-0.2, 0) is 0 Å². The zero-order valence-electron chi connectivity index (χ0n) is 20.5. The van der Waals surface area contributed by atoms with Crippen LogP contribution < -0.4 is 16.2 Å². The van der Waals surface area contributed by atoms with Crippen LogP contribution in [0, 0.1) is 29.6 Å². The molecule has 3 aliphatic heterocycles. The molecule has 0 aromatic rings. The molecule has 1 saturated carbocycles. The first-order chi connectivity index (χ1) is 14.8. The van der Waals surface area contributed by atoms with Crippen LogP contribution in [0.3, 0.4) is 0 Å². The van der Waals surface area contributed by atoms with Crippen LogP contribution in [0.2, 0.25) is 0 Å². The molecule has 0 bridgehead atoms. The lowest BCUT2D eigenvalue weighted by Crippen LogP contribution is -2.50. The molecular formula is C25H45N5S. The number of nitrogens with one attached hydrogen (secondary N) is 3. The van der Waals surface area contributed by atoms with Gasteiger partial charge in [0, 0.05) is 35.5 Å². The lowest BCUT2D eigenvalue weighted by Gasteiger charge is -2.38. The van der Waals surface area contributed by atoms with E-state index in [1.54, 1.807) is 5.71 Å². The van der Waals surface area contributed by atoms with E-state index in [0.29, 0.717) is 34.5 Å². The molecule has 3 N–H and O–H groups in total. The van der Waals surface area contributed by atoms with Crippen LogP contribution in [0.15, 0.2) is 17.3 Å². The summed E-state index contributed by atoms with van der Waals surface area (Å²) in [5.41, 5.74) is 9.82. The topological polar surface area (TPSA) is 51.7 Å². The summed E-state index contributed by atoms with van der Waals surface area (Å²) in [4.78, 5) is 8.39. The second-order valence-electron chi connectivity index (χ2n) is 10.8.